The maximum Gasteiger partial charge on any atom is 0.261 e. The van der Waals surface area contributed by atoms with Crippen LogP contribution in [0.4, 0.5) is 11.4 Å². The molecule has 1 heterocycles. The molecule has 8 nitrogen and oxygen atoms in total. The van der Waals surface area contributed by atoms with Crippen molar-refractivity contribution in [2.24, 2.45) is 0 Å². The number of sulfonamides is 1. The predicted octanol–water partition coefficient (Wildman–Crippen LogP) is 4.30. The van der Waals surface area contributed by atoms with Crippen molar-refractivity contribution in [2.45, 2.75) is 23.8 Å². The molecule has 0 spiro atoms. The first-order valence-electron chi connectivity index (χ1n) is 11.0. The minimum absolute atomic E-state index is 0.0121. The quantitative estimate of drug-likeness (QED) is 0.415. The van der Waals surface area contributed by atoms with Gasteiger partial charge in [0.15, 0.2) is 0 Å². The molecule has 1 fully saturated rings. The van der Waals surface area contributed by atoms with E-state index in [1.54, 1.807) is 42.5 Å². The van der Waals surface area contributed by atoms with E-state index in [1.807, 2.05) is 0 Å². The van der Waals surface area contributed by atoms with Crippen LogP contribution in [0.2, 0.25) is 5.02 Å². The van der Waals surface area contributed by atoms with Gasteiger partial charge in [0.1, 0.15) is 0 Å². The highest BCUT2D eigenvalue weighted by molar-refractivity contribution is 7.92. The summed E-state index contributed by atoms with van der Waals surface area (Å²) < 4.78 is 33.3. The van der Waals surface area contributed by atoms with Crippen LogP contribution in [-0.2, 0) is 14.8 Å². The molecule has 4 rings (SSSR count). The lowest BCUT2D eigenvalue weighted by molar-refractivity contribution is 0.0858. The Labute approximate surface area is 208 Å². The predicted molar refractivity (Wildman–Crippen MR) is 134 cm³/mol. The van der Waals surface area contributed by atoms with Crippen LogP contribution in [-0.4, -0.2) is 39.5 Å². The van der Waals surface area contributed by atoms with E-state index in [0.717, 1.165) is 12.8 Å². The first-order valence-corrected chi connectivity index (χ1v) is 12.9. The van der Waals surface area contributed by atoms with Crippen LogP contribution in [0.25, 0.3) is 0 Å². The van der Waals surface area contributed by atoms with Crippen molar-refractivity contribution in [1.29, 1.82) is 0 Å². The molecule has 1 aliphatic heterocycles. The van der Waals surface area contributed by atoms with Crippen LogP contribution >= 0.6 is 11.6 Å². The number of para-hydroxylation sites is 1. The molecule has 3 aromatic rings. The summed E-state index contributed by atoms with van der Waals surface area (Å²) in [5.74, 6) is -0.929. The third-order valence-corrected chi connectivity index (χ3v) is 7.18. The Balaban J connectivity index is 1.50. The molecular formula is C25H24ClN3O5S. The molecule has 3 N–H and O–H groups in total. The number of rotatable bonds is 8. The van der Waals surface area contributed by atoms with Crippen molar-refractivity contribution >= 4 is 44.8 Å². The molecule has 35 heavy (non-hydrogen) atoms. The Morgan fingerprint density at radius 2 is 1.69 bits per heavy atom. The fraction of sp³-hybridized carbons (Fsp3) is 0.200. The SMILES string of the molecule is O=C(Nc1ccccc1C(=O)NC[C@H]1CCCO1)c1cc(NS(=O)(=O)c2ccccc2)ccc1Cl. The van der Waals surface area contributed by atoms with E-state index in [9.17, 15) is 18.0 Å². The van der Waals surface area contributed by atoms with Gasteiger partial charge in [0.25, 0.3) is 21.8 Å². The highest BCUT2D eigenvalue weighted by atomic mass is 35.5. The van der Waals surface area contributed by atoms with E-state index in [1.165, 1.54) is 30.3 Å². The van der Waals surface area contributed by atoms with Gasteiger partial charge in [-0.3, -0.25) is 14.3 Å². The zero-order chi connectivity index (χ0) is 24.8. The molecule has 0 aliphatic carbocycles. The average molecular weight is 514 g/mol. The van der Waals surface area contributed by atoms with Crippen molar-refractivity contribution in [2.75, 3.05) is 23.2 Å². The van der Waals surface area contributed by atoms with Crippen molar-refractivity contribution in [3.63, 3.8) is 0 Å². The Kier molecular flexibility index (Phi) is 7.70. The Bertz CT molecular complexity index is 1330. The lowest BCUT2D eigenvalue weighted by Crippen LogP contribution is -2.32. The van der Waals surface area contributed by atoms with Crippen molar-refractivity contribution in [3.05, 3.63) is 88.9 Å². The first-order chi connectivity index (χ1) is 16.8. The molecule has 0 bridgehead atoms. The molecule has 1 saturated heterocycles. The smallest absolute Gasteiger partial charge is 0.261 e. The number of hydrogen-bond donors (Lipinski definition) is 3. The number of benzene rings is 3. The second-order valence-corrected chi connectivity index (χ2v) is 10.0. The van der Waals surface area contributed by atoms with Crippen LogP contribution in [0.15, 0.2) is 77.7 Å². The summed E-state index contributed by atoms with van der Waals surface area (Å²) >= 11 is 6.24. The summed E-state index contributed by atoms with van der Waals surface area (Å²) in [7, 11) is -3.85. The Hall–Kier alpha value is -3.40. The number of anilines is 2. The van der Waals surface area contributed by atoms with Gasteiger partial charge in [-0.1, -0.05) is 41.9 Å². The van der Waals surface area contributed by atoms with Gasteiger partial charge in [-0.2, -0.15) is 0 Å². The third kappa shape index (κ3) is 6.19. The van der Waals surface area contributed by atoms with Gasteiger partial charge in [-0.25, -0.2) is 8.42 Å². The fourth-order valence-electron chi connectivity index (χ4n) is 3.66. The number of carbonyl (C=O) groups excluding carboxylic acids is 2. The number of carbonyl (C=O) groups is 2. The van der Waals surface area contributed by atoms with Crippen molar-refractivity contribution in [3.8, 4) is 0 Å². The number of hydrogen-bond acceptors (Lipinski definition) is 5. The van der Waals surface area contributed by atoms with Crippen molar-refractivity contribution in [1.82, 2.24) is 5.32 Å². The summed E-state index contributed by atoms with van der Waals surface area (Å²) in [6.45, 7) is 1.07. The maximum atomic E-state index is 13.0. The fourth-order valence-corrected chi connectivity index (χ4v) is 4.94. The number of amides is 2. The highest BCUT2D eigenvalue weighted by Gasteiger charge is 2.20. The molecule has 10 heteroatoms. The zero-order valence-corrected chi connectivity index (χ0v) is 20.2. The average Bonchev–Trinajstić information content (AvgIpc) is 3.38. The number of halogens is 1. The molecule has 0 unspecified atom stereocenters. The summed E-state index contributed by atoms with van der Waals surface area (Å²) in [4.78, 5) is 25.9. The van der Waals surface area contributed by atoms with Gasteiger partial charge in [0.2, 0.25) is 0 Å². The van der Waals surface area contributed by atoms with E-state index < -0.39 is 15.9 Å². The summed E-state index contributed by atoms with van der Waals surface area (Å²) in [6.07, 6.45) is 1.85. The standard InChI is InChI=1S/C25H24ClN3O5S/c26-22-13-12-17(29-35(32,33)19-8-2-1-3-9-19)15-21(22)25(31)28-23-11-5-4-10-20(23)24(30)27-16-18-7-6-14-34-18/h1-5,8-13,15,18,29H,6-7,14,16H2,(H,27,30)(H,28,31)/t18-/m1/s1. The molecule has 1 atom stereocenters. The second-order valence-electron chi connectivity index (χ2n) is 7.96. The van der Waals surface area contributed by atoms with E-state index in [0.29, 0.717) is 18.8 Å². The summed E-state index contributed by atoms with van der Waals surface area (Å²) in [5.41, 5.74) is 0.810. The van der Waals surface area contributed by atoms with Crippen LogP contribution in [0.1, 0.15) is 33.6 Å². The van der Waals surface area contributed by atoms with Gasteiger partial charge in [0, 0.05) is 18.8 Å². The Morgan fingerprint density at radius 3 is 2.43 bits per heavy atom. The number of nitrogens with one attached hydrogen (secondary N) is 3. The summed E-state index contributed by atoms with van der Waals surface area (Å²) in [6, 6.07) is 18.7. The van der Waals surface area contributed by atoms with Crippen LogP contribution in [0.5, 0.6) is 0 Å². The largest absolute Gasteiger partial charge is 0.376 e. The van der Waals surface area contributed by atoms with E-state index in [-0.39, 0.29) is 38.7 Å². The first kappa shape index (κ1) is 24.7. The molecule has 0 aromatic heterocycles. The Morgan fingerprint density at radius 1 is 0.943 bits per heavy atom. The minimum atomic E-state index is -3.85. The van der Waals surface area contributed by atoms with Gasteiger partial charge in [-0.15, -0.1) is 0 Å². The molecule has 2 amide bonds. The molecule has 182 valence electrons. The maximum absolute atomic E-state index is 13.0. The number of ether oxygens (including phenoxy) is 1. The topological polar surface area (TPSA) is 114 Å². The molecule has 0 saturated carbocycles. The van der Waals surface area contributed by atoms with E-state index in [4.69, 9.17) is 16.3 Å². The lowest BCUT2D eigenvalue weighted by Gasteiger charge is -2.15. The highest BCUT2D eigenvalue weighted by Crippen LogP contribution is 2.25. The van der Waals surface area contributed by atoms with Gasteiger partial charge in [-0.05, 0) is 55.3 Å². The lowest BCUT2D eigenvalue weighted by atomic mass is 10.1. The van der Waals surface area contributed by atoms with Crippen LogP contribution in [0.3, 0.4) is 0 Å². The normalized spacial score (nSPS) is 15.4. The van der Waals surface area contributed by atoms with Crippen LogP contribution in [0, 0.1) is 0 Å². The molecule has 0 radical (unpaired) electrons. The molecule has 3 aromatic carbocycles. The van der Waals surface area contributed by atoms with Gasteiger partial charge >= 0.3 is 0 Å². The summed E-state index contributed by atoms with van der Waals surface area (Å²) in [5, 5.41) is 5.67. The minimum Gasteiger partial charge on any atom is -0.376 e. The van der Waals surface area contributed by atoms with Gasteiger partial charge < -0.3 is 15.4 Å². The third-order valence-electron chi connectivity index (χ3n) is 5.45. The van der Waals surface area contributed by atoms with Crippen LogP contribution < -0.4 is 15.4 Å². The zero-order valence-electron chi connectivity index (χ0n) is 18.7. The monoisotopic (exact) mass is 513 g/mol. The van der Waals surface area contributed by atoms with E-state index in [2.05, 4.69) is 15.4 Å². The van der Waals surface area contributed by atoms with E-state index >= 15 is 0 Å². The van der Waals surface area contributed by atoms with Crippen molar-refractivity contribution < 1.29 is 22.7 Å². The molecule has 1 aliphatic rings. The second kappa shape index (κ2) is 10.9. The van der Waals surface area contributed by atoms with Gasteiger partial charge in [0.05, 0.1) is 32.8 Å². The molecular weight excluding hydrogens is 490 g/mol.